The molecule has 1 aliphatic rings. The fraction of sp³-hybridized carbons (Fsp3) is 0.294. The lowest BCUT2D eigenvalue weighted by atomic mass is 10.0. The molecule has 0 aliphatic carbocycles. The molecule has 0 saturated carbocycles. The van der Waals surface area contributed by atoms with Crippen molar-refractivity contribution in [1.82, 2.24) is 0 Å². The minimum atomic E-state index is -0.396. The summed E-state index contributed by atoms with van der Waals surface area (Å²) in [6.45, 7) is 4.35. The normalized spacial score (nSPS) is 13.0. The van der Waals surface area contributed by atoms with Crippen LogP contribution in [0, 0.1) is 0 Å². The lowest BCUT2D eigenvalue weighted by molar-refractivity contribution is -0.116. The maximum atomic E-state index is 12.1. The van der Waals surface area contributed by atoms with Gasteiger partial charge in [0.05, 0.1) is 6.61 Å². The van der Waals surface area contributed by atoms with Crippen molar-refractivity contribution in [1.29, 1.82) is 0 Å². The zero-order chi connectivity index (χ0) is 16.6. The molecule has 2 N–H and O–H groups in total. The monoisotopic (exact) mass is 330 g/mol. The lowest BCUT2D eigenvalue weighted by Gasteiger charge is -2.15. The Labute approximate surface area is 138 Å². The topological polar surface area (TPSA) is 72.6 Å². The van der Waals surface area contributed by atoms with Crippen LogP contribution in [0.2, 0.25) is 0 Å². The third kappa shape index (κ3) is 2.70. The van der Waals surface area contributed by atoms with E-state index in [4.69, 9.17) is 10.5 Å². The summed E-state index contributed by atoms with van der Waals surface area (Å²) in [6.07, 6.45) is 0.817. The van der Waals surface area contributed by atoms with E-state index < -0.39 is 5.97 Å². The molecule has 1 amide bonds. The maximum Gasteiger partial charge on any atom is 0.341 e. The van der Waals surface area contributed by atoms with Crippen LogP contribution in [0.25, 0.3) is 11.1 Å². The molecule has 2 aromatic rings. The molecule has 0 spiro atoms. The van der Waals surface area contributed by atoms with Crippen LogP contribution in [0.5, 0.6) is 0 Å². The van der Waals surface area contributed by atoms with Crippen LogP contribution in [0.15, 0.2) is 23.6 Å². The SMILES string of the molecule is CCOC(=O)c1c(-c2ccc3c(c2)CCN3C(C)=O)csc1N. The molecule has 23 heavy (non-hydrogen) atoms. The van der Waals surface area contributed by atoms with E-state index in [0.29, 0.717) is 23.7 Å². The Morgan fingerprint density at radius 2 is 2.17 bits per heavy atom. The third-order valence-corrected chi connectivity index (χ3v) is 4.78. The van der Waals surface area contributed by atoms with E-state index in [9.17, 15) is 9.59 Å². The zero-order valence-corrected chi connectivity index (χ0v) is 13.9. The smallest absolute Gasteiger partial charge is 0.341 e. The van der Waals surface area contributed by atoms with Gasteiger partial charge in [-0.3, -0.25) is 4.79 Å². The van der Waals surface area contributed by atoms with Gasteiger partial charge in [0.2, 0.25) is 5.91 Å². The Bertz CT molecular complexity index is 782. The number of thiophene rings is 1. The first-order chi connectivity index (χ1) is 11.0. The summed E-state index contributed by atoms with van der Waals surface area (Å²) in [7, 11) is 0. The number of fused-ring (bicyclic) bond motifs is 1. The van der Waals surface area contributed by atoms with Gasteiger partial charge in [0.25, 0.3) is 0 Å². The molecule has 0 bridgehead atoms. The fourth-order valence-corrected chi connectivity index (χ4v) is 3.71. The number of ether oxygens (including phenoxy) is 1. The number of nitrogen functional groups attached to an aromatic ring is 1. The van der Waals surface area contributed by atoms with Gasteiger partial charge in [-0.2, -0.15) is 0 Å². The number of benzene rings is 1. The van der Waals surface area contributed by atoms with E-state index in [0.717, 1.165) is 28.8 Å². The van der Waals surface area contributed by atoms with Crippen molar-refractivity contribution in [3.63, 3.8) is 0 Å². The standard InChI is InChI=1S/C17H18N2O3S/c1-3-22-17(21)15-13(9-23-16(15)18)11-4-5-14-12(8-11)6-7-19(14)10(2)20/h4-5,8-9H,3,6-7,18H2,1-2H3. The van der Waals surface area contributed by atoms with Gasteiger partial charge in [-0.15, -0.1) is 11.3 Å². The van der Waals surface area contributed by atoms with Crippen LogP contribution in [-0.2, 0) is 16.0 Å². The van der Waals surface area contributed by atoms with Gasteiger partial charge in [0.15, 0.2) is 0 Å². The molecule has 1 aromatic carbocycles. The molecule has 2 heterocycles. The van der Waals surface area contributed by atoms with Gasteiger partial charge in [-0.1, -0.05) is 6.07 Å². The van der Waals surface area contributed by atoms with Crippen molar-refractivity contribution in [3.05, 3.63) is 34.7 Å². The Hall–Kier alpha value is -2.34. The van der Waals surface area contributed by atoms with Gasteiger partial charge < -0.3 is 15.4 Å². The summed E-state index contributed by atoms with van der Waals surface area (Å²) >= 11 is 1.33. The number of esters is 1. The number of rotatable bonds is 3. The molecule has 6 heteroatoms. The Morgan fingerprint density at radius 1 is 1.39 bits per heavy atom. The second kappa shape index (κ2) is 6.04. The van der Waals surface area contributed by atoms with Crippen molar-refractivity contribution in [2.24, 2.45) is 0 Å². The summed E-state index contributed by atoms with van der Waals surface area (Å²) < 4.78 is 5.11. The van der Waals surface area contributed by atoms with Crippen LogP contribution in [0.1, 0.15) is 29.8 Å². The van der Waals surface area contributed by atoms with Crippen molar-refractivity contribution in [2.45, 2.75) is 20.3 Å². The number of carbonyl (C=O) groups excluding carboxylic acids is 2. The molecule has 5 nitrogen and oxygen atoms in total. The number of anilines is 2. The molecular weight excluding hydrogens is 312 g/mol. The lowest BCUT2D eigenvalue weighted by Crippen LogP contribution is -2.25. The number of nitrogens with zero attached hydrogens (tertiary/aromatic N) is 1. The van der Waals surface area contributed by atoms with E-state index >= 15 is 0 Å². The van der Waals surface area contributed by atoms with Crippen LogP contribution in [0.3, 0.4) is 0 Å². The van der Waals surface area contributed by atoms with Crippen LogP contribution < -0.4 is 10.6 Å². The first-order valence-electron chi connectivity index (χ1n) is 7.48. The summed E-state index contributed by atoms with van der Waals surface area (Å²) in [6, 6.07) is 5.88. The van der Waals surface area contributed by atoms with Gasteiger partial charge in [-0.25, -0.2) is 4.79 Å². The molecular formula is C17H18N2O3S. The zero-order valence-electron chi connectivity index (χ0n) is 13.1. The van der Waals surface area contributed by atoms with Crippen LogP contribution >= 0.6 is 11.3 Å². The van der Waals surface area contributed by atoms with Crippen molar-refractivity contribution >= 4 is 33.9 Å². The first kappa shape index (κ1) is 15.6. The maximum absolute atomic E-state index is 12.1. The second-order valence-electron chi connectivity index (χ2n) is 5.37. The Balaban J connectivity index is 2.02. The Morgan fingerprint density at radius 3 is 2.87 bits per heavy atom. The fourth-order valence-electron chi connectivity index (χ4n) is 2.90. The highest BCUT2D eigenvalue weighted by atomic mass is 32.1. The number of nitrogens with two attached hydrogens (primary N) is 1. The molecule has 0 radical (unpaired) electrons. The first-order valence-corrected chi connectivity index (χ1v) is 8.36. The third-order valence-electron chi connectivity index (χ3n) is 3.97. The predicted octanol–water partition coefficient (Wildman–Crippen LogP) is 3.08. The molecule has 120 valence electrons. The number of amides is 1. The predicted molar refractivity (Wildman–Crippen MR) is 91.9 cm³/mol. The van der Waals surface area contributed by atoms with Gasteiger partial charge in [0, 0.05) is 30.1 Å². The minimum absolute atomic E-state index is 0.0449. The van der Waals surface area contributed by atoms with Crippen molar-refractivity contribution in [3.8, 4) is 11.1 Å². The van der Waals surface area contributed by atoms with Gasteiger partial charge >= 0.3 is 5.97 Å². The van der Waals surface area contributed by atoms with E-state index in [1.165, 1.54) is 11.3 Å². The summed E-state index contributed by atoms with van der Waals surface area (Å²) in [5, 5.41) is 2.34. The molecule has 0 fully saturated rings. The van der Waals surface area contributed by atoms with Gasteiger partial charge in [0.1, 0.15) is 10.6 Å². The molecule has 0 saturated heterocycles. The summed E-state index contributed by atoms with van der Waals surface area (Å²) in [4.78, 5) is 25.6. The minimum Gasteiger partial charge on any atom is -0.462 e. The van der Waals surface area contributed by atoms with E-state index in [1.54, 1.807) is 18.7 Å². The van der Waals surface area contributed by atoms with Gasteiger partial charge in [-0.05, 0) is 36.6 Å². The van der Waals surface area contributed by atoms with Crippen molar-refractivity contribution in [2.75, 3.05) is 23.8 Å². The highest BCUT2D eigenvalue weighted by molar-refractivity contribution is 7.14. The number of carbonyl (C=O) groups is 2. The molecule has 1 aromatic heterocycles. The highest BCUT2D eigenvalue weighted by Crippen LogP contribution is 2.37. The second-order valence-corrected chi connectivity index (χ2v) is 6.28. The largest absolute Gasteiger partial charge is 0.462 e. The quantitative estimate of drug-likeness (QED) is 0.878. The van der Waals surface area contributed by atoms with Crippen LogP contribution in [-0.4, -0.2) is 25.0 Å². The van der Waals surface area contributed by atoms with E-state index in [1.807, 2.05) is 23.6 Å². The number of hydrogen-bond acceptors (Lipinski definition) is 5. The number of hydrogen-bond donors (Lipinski definition) is 1. The van der Waals surface area contributed by atoms with E-state index in [2.05, 4.69) is 0 Å². The van der Waals surface area contributed by atoms with Crippen molar-refractivity contribution < 1.29 is 14.3 Å². The Kier molecular flexibility index (Phi) is 4.09. The average molecular weight is 330 g/mol. The summed E-state index contributed by atoms with van der Waals surface area (Å²) in [5.74, 6) is -0.351. The molecule has 0 atom stereocenters. The molecule has 3 rings (SSSR count). The highest BCUT2D eigenvalue weighted by Gasteiger charge is 2.24. The molecule has 1 aliphatic heterocycles. The summed E-state index contributed by atoms with van der Waals surface area (Å²) in [5.41, 5.74) is 10.1. The van der Waals surface area contributed by atoms with E-state index in [-0.39, 0.29) is 5.91 Å². The van der Waals surface area contributed by atoms with Crippen LogP contribution in [0.4, 0.5) is 10.7 Å². The molecule has 0 unspecified atom stereocenters. The average Bonchev–Trinajstić information content (AvgIpc) is 3.10.